The summed E-state index contributed by atoms with van der Waals surface area (Å²) in [4.78, 5) is 19.6. The van der Waals surface area contributed by atoms with Crippen molar-refractivity contribution in [1.29, 1.82) is 0 Å². The molecule has 0 saturated carbocycles. The molecule has 0 aromatic heterocycles. The Kier molecular flexibility index (Phi) is 10.5. The minimum absolute atomic E-state index is 0.562. The summed E-state index contributed by atoms with van der Waals surface area (Å²) < 4.78 is 3.97. The third-order valence-electron chi connectivity index (χ3n) is 0.537. The molecular formula is C6H14N2O3. The molecule has 0 bridgehead atoms. The first-order chi connectivity index (χ1) is 5.04. The molecular weight excluding hydrogens is 148 g/mol. The standard InChI is InChI=1S/C4H6O3.C2H8N2/c1-3(5)7-4(2)6;1-3-4-2/h1-2H3;3-4H,1-2H3. The van der Waals surface area contributed by atoms with E-state index in [1.54, 1.807) is 0 Å². The van der Waals surface area contributed by atoms with Gasteiger partial charge in [-0.2, -0.15) is 0 Å². The molecule has 5 nitrogen and oxygen atoms in total. The summed E-state index contributed by atoms with van der Waals surface area (Å²) >= 11 is 0. The predicted octanol–water partition coefficient (Wildman–Crippen LogP) is -0.564. The third kappa shape index (κ3) is 27.4. The fourth-order valence-corrected chi connectivity index (χ4v) is 0.202. The molecule has 0 fully saturated rings. The van der Waals surface area contributed by atoms with Gasteiger partial charge in [0.1, 0.15) is 0 Å². The highest BCUT2D eigenvalue weighted by Crippen LogP contribution is 1.73. The van der Waals surface area contributed by atoms with Crippen molar-refractivity contribution in [2.24, 2.45) is 0 Å². The average molecular weight is 162 g/mol. The number of ether oxygens (including phenoxy) is 1. The highest BCUT2D eigenvalue weighted by atomic mass is 16.6. The van der Waals surface area contributed by atoms with Crippen LogP contribution in [0, 0.1) is 0 Å². The molecule has 0 aliphatic carbocycles. The van der Waals surface area contributed by atoms with Gasteiger partial charge in [-0.1, -0.05) is 0 Å². The molecule has 0 aliphatic heterocycles. The van der Waals surface area contributed by atoms with Gasteiger partial charge in [-0.05, 0) is 14.1 Å². The number of nitrogens with one attached hydrogen (secondary N) is 2. The number of hydrogen-bond acceptors (Lipinski definition) is 5. The number of esters is 2. The van der Waals surface area contributed by atoms with Crippen molar-refractivity contribution in [3.8, 4) is 0 Å². The van der Waals surface area contributed by atoms with Gasteiger partial charge in [0, 0.05) is 13.8 Å². The van der Waals surface area contributed by atoms with E-state index in [4.69, 9.17) is 0 Å². The summed E-state index contributed by atoms with van der Waals surface area (Å²) in [5.41, 5.74) is 5.36. The Bertz CT molecular complexity index is 111. The van der Waals surface area contributed by atoms with Crippen LogP contribution in [0.4, 0.5) is 0 Å². The monoisotopic (exact) mass is 162 g/mol. The van der Waals surface area contributed by atoms with E-state index in [1.807, 2.05) is 14.1 Å². The molecule has 0 aromatic rings. The second kappa shape index (κ2) is 9.06. The van der Waals surface area contributed by atoms with Crippen LogP contribution in [0.5, 0.6) is 0 Å². The van der Waals surface area contributed by atoms with E-state index < -0.39 is 11.9 Å². The maximum absolute atomic E-state index is 9.81. The molecule has 5 heteroatoms. The minimum atomic E-state index is -0.562. The maximum Gasteiger partial charge on any atom is 0.310 e. The molecule has 0 unspecified atom stereocenters. The zero-order valence-corrected chi connectivity index (χ0v) is 7.22. The predicted molar refractivity (Wildman–Crippen MR) is 40.6 cm³/mol. The van der Waals surface area contributed by atoms with Gasteiger partial charge in [0.05, 0.1) is 0 Å². The van der Waals surface area contributed by atoms with Gasteiger partial charge in [0.2, 0.25) is 0 Å². The fraction of sp³-hybridized carbons (Fsp3) is 0.667. The molecule has 66 valence electrons. The summed E-state index contributed by atoms with van der Waals surface area (Å²) in [5, 5.41) is 0. The average Bonchev–Trinajstić information content (AvgIpc) is 1.85. The van der Waals surface area contributed by atoms with Crippen molar-refractivity contribution in [3.05, 3.63) is 0 Å². The number of carbonyl (C=O) groups excluding carboxylic acids is 2. The van der Waals surface area contributed by atoms with Crippen molar-refractivity contribution in [2.75, 3.05) is 14.1 Å². The molecule has 0 radical (unpaired) electrons. The van der Waals surface area contributed by atoms with E-state index in [0.717, 1.165) is 0 Å². The van der Waals surface area contributed by atoms with Gasteiger partial charge in [-0.15, -0.1) is 0 Å². The van der Waals surface area contributed by atoms with Crippen LogP contribution in [0.15, 0.2) is 0 Å². The van der Waals surface area contributed by atoms with Crippen LogP contribution in [-0.2, 0) is 14.3 Å². The van der Waals surface area contributed by atoms with Crippen LogP contribution in [-0.4, -0.2) is 26.0 Å². The Morgan fingerprint density at radius 3 is 1.27 bits per heavy atom. The first-order valence-electron chi connectivity index (χ1n) is 3.07. The molecule has 0 heterocycles. The number of hydrogen-bond donors (Lipinski definition) is 2. The second-order valence-electron chi connectivity index (χ2n) is 1.59. The Balaban J connectivity index is 0. The highest BCUT2D eigenvalue weighted by Gasteiger charge is 1.93. The fourth-order valence-electron chi connectivity index (χ4n) is 0.202. The van der Waals surface area contributed by atoms with Gasteiger partial charge in [0.15, 0.2) is 0 Å². The van der Waals surface area contributed by atoms with E-state index in [9.17, 15) is 9.59 Å². The van der Waals surface area contributed by atoms with Crippen molar-refractivity contribution < 1.29 is 14.3 Å². The molecule has 0 atom stereocenters. The summed E-state index contributed by atoms with van der Waals surface area (Å²) in [6.07, 6.45) is 0. The van der Waals surface area contributed by atoms with Gasteiger partial charge in [-0.3, -0.25) is 20.4 Å². The molecule has 0 saturated heterocycles. The third-order valence-corrected chi connectivity index (χ3v) is 0.537. The van der Waals surface area contributed by atoms with Crippen LogP contribution in [0.2, 0.25) is 0 Å². The zero-order chi connectivity index (χ0) is 9.28. The Morgan fingerprint density at radius 1 is 1.00 bits per heavy atom. The zero-order valence-electron chi connectivity index (χ0n) is 7.22. The Labute approximate surface area is 66.1 Å². The second-order valence-corrected chi connectivity index (χ2v) is 1.59. The normalized spacial score (nSPS) is 7.64. The molecule has 0 aromatic carbocycles. The lowest BCUT2D eigenvalue weighted by Gasteiger charge is -1.87. The van der Waals surface area contributed by atoms with Gasteiger partial charge < -0.3 is 4.74 Å². The summed E-state index contributed by atoms with van der Waals surface area (Å²) in [6.45, 7) is 2.36. The molecule has 0 amide bonds. The number of carbonyl (C=O) groups is 2. The van der Waals surface area contributed by atoms with Crippen LogP contribution in [0.1, 0.15) is 13.8 Å². The van der Waals surface area contributed by atoms with Crippen molar-refractivity contribution in [3.63, 3.8) is 0 Å². The minimum Gasteiger partial charge on any atom is -0.394 e. The molecule has 11 heavy (non-hydrogen) atoms. The quantitative estimate of drug-likeness (QED) is 0.307. The Morgan fingerprint density at radius 2 is 1.27 bits per heavy atom. The first-order valence-corrected chi connectivity index (χ1v) is 3.07. The van der Waals surface area contributed by atoms with Gasteiger partial charge in [-0.25, -0.2) is 0 Å². The molecule has 0 aliphatic rings. The van der Waals surface area contributed by atoms with Gasteiger partial charge in [0.25, 0.3) is 0 Å². The lowest BCUT2D eigenvalue weighted by Crippen LogP contribution is -2.21. The van der Waals surface area contributed by atoms with Crippen molar-refractivity contribution >= 4 is 11.9 Å². The van der Waals surface area contributed by atoms with E-state index in [2.05, 4.69) is 15.6 Å². The lowest BCUT2D eigenvalue weighted by molar-refractivity contribution is -0.156. The van der Waals surface area contributed by atoms with E-state index in [-0.39, 0.29) is 0 Å². The largest absolute Gasteiger partial charge is 0.394 e. The Hall–Kier alpha value is -0.940. The van der Waals surface area contributed by atoms with Crippen LogP contribution >= 0.6 is 0 Å². The summed E-state index contributed by atoms with van der Waals surface area (Å²) in [7, 11) is 3.64. The summed E-state index contributed by atoms with van der Waals surface area (Å²) in [5.74, 6) is -1.12. The van der Waals surface area contributed by atoms with E-state index >= 15 is 0 Å². The van der Waals surface area contributed by atoms with Crippen molar-refractivity contribution in [2.45, 2.75) is 13.8 Å². The number of hydrazine groups is 1. The van der Waals surface area contributed by atoms with E-state index in [1.165, 1.54) is 13.8 Å². The SMILES string of the molecule is CC(=O)OC(C)=O.CNNC. The first kappa shape index (κ1) is 12.7. The maximum atomic E-state index is 9.81. The smallest absolute Gasteiger partial charge is 0.310 e. The van der Waals surface area contributed by atoms with Gasteiger partial charge >= 0.3 is 11.9 Å². The highest BCUT2D eigenvalue weighted by molar-refractivity contribution is 5.82. The van der Waals surface area contributed by atoms with Crippen LogP contribution in [0.3, 0.4) is 0 Å². The van der Waals surface area contributed by atoms with E-state index in [0.29, 0.717) is 0 Å². The number of rotatable bonds is 1. The van der Waals surface area contributed by atoms with Crippen LogP contribution < -0.4 is 10.9 Å². The summed E-state index contributed by atoms with van der Waals surface area (Å²) in [6, 6.07) is 0. The topological polar surface area (TPSA) is 67.4 Å². The van der Waals surface area contributed by atoms with Crippen molar-refractivity contribution in [1.82, 2.24) is 10.9 Å². The molecule has 0 spiro atoms. The lowest BCUT2D eigenvalue weighted by atomic mass is 10.7. The van der Waals surface area contributed by atoms with Crippen LogP contribution in [0.25, 0.3) is 0 Å². The molecule has 0 rings (SSSR count). The molecule has 2 N–H and O–H groups in total.